The Bertz CT molecular complexity index is 349. The van der Waals surface area contributed by atoms with Crippen molar-refractivity contribution >= 4 is 17.2 Å². The van der Waals surface area contributed by atoms with Gasteiger partial charge in [0.05, 0.1) is 18.2 Å². The zero-order chi connectivity index (χ0) is 12.1. The second-order valence-electron chi connectivity index (χ2n) is 4.02. The van der Waals surface area contributed by atoms with E-state index in [9.17, 15) is 4.79 Å². The summed E-state index contributed by atoms with van der Waals surface area (Å²) in [6.07, 6.45) is 1.28. The molecule has 0 saturated carbocycles. The number of carbonyl (C=O) groups excluding carboxylic acids is 1. The van der Waals surface area contributed by atoms with Crippen LogP contribution in [0.5, 0.6) is 0 Å². The highest BCUT2D eigenvalue weighted by atomic mass is 32.1. The Morgan fingerprint density at radius 2 is 2.31 bits per heavy atom. The number of nitrogens with zero attached hydrogens (tertiary/aromatic N) is 1. The molecule has 2 atom stereocenters. The predicted molar refractivity (Wildman–Crippen MR) is 66.3 cm³/mol. The first kappa shape index (κ1) is 13.1. The number of thiazole rings is 1. The van der Waals surface area contributed by atoms with Crippen molar-refractivity contribution in [3.05, 3.63) is 16.1 Å². The van der Waals surface area contributed by atoms with Crippen molar-refractivity contribution in [2.75, 3.05) is 0 Å². The maximum Gasteiger partial charge on any atom is 0.226 e. The van der Waals surface area contributed by atoms with Crippen LogP contribution >= 0.6 is 11.3 Å². The van der Waals surface area contributed by atoms with Crippen LogP contribution in [0.4, 0.5) is 0 Å². The fraction of sp³-hybridized carbons (Fsp3) is 0.636. The quantitative estimate of drug-likeness (QED) is 0.823. The standard InChI is InChI=1S/C11H19N3OS/c1-4-7(2)13-10(15)5-9-6-16-11(14-9)8(3)12/h6-8H,4-5,12H2,1-3H3,(H,13,15). The molecule has 1 aromatic heterocycles. The first-order chi connectivity index (χ1) is 7.52. The van der Waals surface area contributed by atoms with E-state index in [0.717, 1.165) is 17.1 Å². The average molecular weight is 241 g/mol. The summed E-state index contributed by atoms with van der Waals surface area (Å²) in [4.78, 5) is 15.9. The fourth-order valence-corrected chi connectivity index (χ4v) is 1.98. The first-order valence-corrected chi connectivity index (χ1v) is 6.40. The fourth-order valence-electron chi connectivity index (χ4n) is 1.21. The van der Waals surface area contributed by atoms with Gasteiger partial charge in [-0.05, 0) is 20.3 Å². The zero-order valence-corrected chi connectivity index (χ0v) is 10.8. The molecule has 1 amide bonds. The third-order valence-corrected chi connectivity index (χ3v) is 3.41. The van der Waals surface area contributed by atoms with Gasteiger partial charge in [0.25, 0.3) is 0 Å². The van der Waals surface area contributed by atoms with Crippen LogP contribution in [-0.2, 0) is 11.2 Å². The third-order valence-electron chi connectivity index (χ3n) is 2.32. The lowest BCUT2D eigenvalue weighted by molar-refractivity contribution is -0.121. The van der Waals surface area contributed by atoms with Crippen molar-refractivity contribution in [3.63, 3.8) is 0 Å². The molecule has 0 saturated heterocycles. The van der Waals surface area contributed by atoms with Crippen molar-refractivity contribution in [2.45, 2.75) is 45.7 Å². The van der Waals surface area contributed by atoms with Crippen LogP contribution in [0.3, 0.4) is 0 Å². The number of nitrogens with two attached hydrogens (primary N) is 1. The van der Waals surface area contributed by atoms with E-state index in [0.29, 0.717) is 6.42 Å². The van der Waals surface area contributed by atoms with Crippen molar-refractivity contribution < 1.29 is 4.79 Å². The van der Waals surface area contributed by atoms with E-state index >= 15 is 0 Å². The van der Waals surface area contributed by atoms with Gasteiger partial charge in [-0.15, -0.1) is 11.3 Å². The van der Waals surface area contributed by atoms with Gasteiger partial charge in [0, 0.05) is 11.4 Å². The molecule has 1 aromatic rings. The van der Waals surface area contributed by atoms with Gasteiger partial charge in [-0.2, -0.15) is 0 Å². The molecule has 0 radical (unpaired) electrons. The molecule has 0 fully saturated rings. The average Bonchev–Trinajstić information content (AvgIpc) is 2.65. The second kappa shape index (κ2) is 5.96. The molecule has 90 valence electrons. The second-order valence-corrected chi connectivity index (χ2v) is 4.91. The van der Waals surface area contributed by atoms with Crippen molar-refractivity contribution in [3.8, 4) is 0 Å². The summed E-state index contributed by atoms with van der Waals surface area (Å²) in [5.74, 6) is 0.0240. The number of rotatable bonds is 5. The molecular weight excluding hydrogens is 222 g/mol. The first-order valence-electron chi connectivity index (χ1n) is 5.52. The van der Waals surface area contributed by atoms with Gasteiger partial charge in [-0.3, -0.25) is 4.79 Å². The number of aromatic nitrogens is 1. The smallest absolute Gasteiger partial charge is 0.226 e. The summed E-state index contributed by atoms with van der Waals surface area (Å²) in [6, 6.07) is 0.162. The summed E-state index contributed by atoms with van der Waals surface area (Å²) in [5.41, 5.74) is 6.51. The van der Waals surface area contributed by atoms with E-state index in [1.807, 2.05) is 26.2 Å². The Morgan fingerprint density at radius 1 is 1.62 bits per heavy atom. The molecule has 1 heterocycles. The van der Waals surface area contributed by atoms with Gasteiger partial charge in [0.2, 0.25) is 5.91 Å². The Morgan fingerprint density at radius 3 is 2.81 bits per heavy atom. The van der Waals surface area contributed by atoms with E-state index in [2.05, 4.69) is 10.3 Å². The number of carbonyl (C=O) groups is 1. The summed E-state index contributed by atoms with van der Waals surface area (Å²) in [5, 5.41) is 5.69. The molecule has 4 nitrogen and oxygen atoms in total. The molecule has 3 N–H and O–H groups in total. The molecular formula is C11H19N3OS. The van der Waals surface area contributed by atoms with E-state index in [4.69, 9.17) is 5.73 Å². The van der Waals surface area contributed by atoms with Gasteiger partial charge in [-0.1, -0.05) is 6.92 Å². The third kappa shape index (κ3) is 3.90. The van der Waals surface area contributed by atoms with Gasteiger partial charge >= 0.3 is 0 Å². The molecule has 16 heavy (non-hydrogen) atoms. The minimum Gasteiger partial charge on any atom is -0.353 e. The highest BCUT2D eigenvalue weighted by molar-refractivity contribution is 7.09. The van der Waals surface area contributed by atoms with Gasteiger partial charge in [-0.25, -0.2) is 4.98 Å². The Hall–Kier alpha value is -0.940. The van der Waals surface area contributed by atoms with E-state index in [-0.39, 0.29) is 18.0 Å². The zero-order valence-electron chi connectivity index (χ0n) is 9.99. The number of hydrogen-bond acceptors (Lipinski definition) is 4. The number of hydrogen-bond donors (Lipinski definition) is 2. The SMILES string of the molecule is CCC(C)NC(=O)Cc1csc(C(C)N)n1. The van der Waals surface area contributed by atoms with Crippen molar-refractivity contribution in [2.24, 2.45) is 5.73 Å². The van der Waals surface area contributed by atoms with Crippen LogP contribution in [0, 0.1) is 0 Å². The monoisotopic (exact) mass is 241 g/mol. The lowest BCUT2D eigenvalue weighted by Gasteiger charge is -2.10. The van der Waals surface area contributed by atoms with Crippen molar-refractivity contribution in [1.82, 2.24) is 10.3 Å². The summed E-state index contributed by atoms with van der Waals surface area (Å²) < 4.78 is 0. The summed E-state index contributed by atoms with van der Waals surface area (Å²) in [7, 11) is 0. The van der Waals surface area contributed by atoms with Crippen LogP contribution in [0.25, 0.3) is 0 Å². The topological polar surface area (TPSA) is 68.0 Å². The number of nitrogens with one attached hydrogen (secondary N) is 1. The Balaban J connectivity index is 2.50. The van der Waals surface area contributed by atoms with Crippen LogP contribution in [-0.4, -0.2) is 16.9 Å². The van der Waals surface area contributed by atoms with Crippen LogP contribution < -0.4 is 11.1 Å². The summed E-state index contributed by atoms with van der Waals surface area (Å²) >= 11 is 1.51. The van der Waals surface area contributed by atoms with E-state index < -0.39 is 0 Å². The molecule has 0 aromatic carbocycles. The number of amides is 1. The van der Waals surface area contributed by atoms with Crippen LogP contribution in [0.2, 0.25) is 0 Å². The molecule has 0 aliphatic carbocycles. The van der Waals surface area contributed by atoms with Crippen LogP contribution in [0.15, 0.2) is 5.38 Å². The molecule has 0 aliphatic rings. The lowest BCUT2D eigenvalue weighted by atomic mass is 10.2. The van der Waals surface area contributed by atoms with Gasteiger partial charge < -0.3 is 11.1 Å². The van der Waals surface area contributed by atoms with E-state index in [1.54, 1.807) is 0 Å². The molecule has 0 aliphatic heterocycles. The minimum absolute atomic E-state index is 0.0240. The van der Waals surface area contributed by atoms with Gasteiger partial charge in [0.1, 0.15) is 5.01 Å². The normalized spacial score (nSPS) is 14.5. The maximum absolute atomic E-state index is 11.6. The largest absolute Gasteiger partial charge is 0.353 e. The summed E-state index contributed by atoms with van der Waals surface area (Å²) in [6.45, 7) is 5.93. The maximum atomic E-state index is 11.6. The molecule has 1 rings (SSSR count). The van der Waals surface area contributed by atoms with Gasteiger partial charge in [0.15, 0.2) is 0 Å². The molecule has 2 unspecified atom stereocenters. The van der Waals surface area contributed by atoms with Crippen LogP contribution in [0.1, 0.15) is 43.9 Å². The predicted octanol–water partition coefficient (Wildman–Crippen LogP) is 1.62. The molecule has 0 spiro atoms. The highest BCUT2D eigenvalue weighted by Gasteiger charge is 2.11. The molecule has 0 bridgehead atoms. The minimum atomic E-state index is -0.0589. The molecule has 5 heteroatoms. The van der Waals surface area contributed by atoms with Crippen molar-refractivity contribution in [1.29, 1.82) is 0 Å². The Kier molecular flexibility index (Phi) is 4.89. The lowest BCUT2D eigenvalue weighted by Crippen LogP contribution is -2.33. The Labute approximate surface area is 100 Å². The highest BCUT2D eigenvalue weighted by Crippen LogP contribution is 2.16. The van der Waals surface area contributed by atoms with E-state index in [1.165, 1.54) is 11.3 Å².